The Hall–Kier alpha value is -1.30. The number of nitrogens with two attached hydrogens (primary N) is 1. The van der Waals surface area contributed by atoms with E-state index in [9.17, 15) is 21.6 Å². The van der Waals surface area contributed by atoms with Crippen LogP contribution in [0.5, 0.6) is 0 Å². The molecule has 0 aliphatic carbocycles. The van der Waals surface area contributed by atoms with Gasteiger partial charge < -0.3 is 5.73 Å². The summed E-state index contributed by atoms with van der Waals surface area (Å²) in [6, 6.07) is 3.03. The molecule has 0 saturated carbocycles. The Morgan fingerprint density at radius 1 is 1.39 bits per heavy atom. The lowest BCUT2D eigenvalue weighted by molar-refractivity contribution is -0.140. The maximum absolute atomic E-state index is 12.8. The molecule has 0 heterocycles. The molecule has 2 N–H and O–H groups in total. The van der Waals surface area contributed by atoms with Gasteiger partial charge in [0.1, 0.15) is 6.07 Å². The first-order chi connectivity index (χ1) is 8.12. The van der Waals surface area contributed by atoms with E-state index in [2.05, 4.69) is 0 Å². The van der Waals surface area contributed by atoms with Crippen molar-refractivity contribution in [3.05, 3.63) is 28.8 Å². The van der Waals surface area contributed by atoms with E-state index >= 15 is 0 Å². The molecule has 0 radical (unpaired) electrons. The quantitative estimate of drug-likeness (QED) is 0.846. The number of benzene rings is 1. The van der Waals surface area contributed by atoms with Gasteiger partial charge in [0, 0.05) is 17.2 Å². The summed E-state index contributed by atoms with van der Waals surface area (Å²) in [5, 5.41) is 8.74. The van der Waals surface area contributed by atoms with Crippen LogP contribution in [0.25, 0.3) is 0 Å². The fraction of sp³-hybridized carbons (Fsp3) is 0.222. The summed E-state index contributed by atoms with van der Waals surface area (Å²) in [5.74, 6) is 0. The summed E-state index contributed by atoms with van der Waals surface area (Å²) in [6.07, 6.45) is -5.02. The number of rotatable bonds is 2. The van der Waals surface area contributed by atoms with E-state index in [-0.39, 0.29) is 12.1 Å². The Bertz CT molecular complexity index is 620. The molecule has 0 atom stereocenters. The average Bonchev–Trinajstić information content (AvgIpc) is 2.24. The maximum Gasteiger partial charge on any atom is 0.419 e. The third-order valence-corrected chi connectivity index (χ3v) is 3.50. The molecule has 0 aromatic heterocycles. The van der Waals surface area contributed by atoms with Crippen molar-refractivity contribution in [2.45, 2.75) is 17.6 Å². The molecule has 1 aromatic rings. The van der Waals surface area contributed by atoms with Crippen LogP contribution < -0.4 is 5.73 Å². The topological polar surface area (TPSA) is 83.9 Å². The summed E-state index contributed by atoms with van der Waals surface area (Å²) in [6.45, 7) is -0.325. The Kier molecular flexibility index (Phi) is 3.90. The third-order valence-electron chi connectivity index (χ3n) is 2.13. The van der Waals surface area contributed by atoms with Crippen LogP contribution in [0.4, 0.5) is 13.2 Å². The van der Waals surface area contributed by atoms with Crippen molar-refractivity contribution >= 4 is 19.7 Å². The lowest BCUT2D eigenvalue weighted by atomic mass is 10.0. The van der Waals surface area contributed by atoms with Crippen molar-refractivity contribution in [1.82, 2.24) is 0 Å². The smallest absolute Gasteiger partial charge is 0.326 e. The van der Waals surface area contributed by atoms with Crippen LogP contribution in [0, 0.1) is 11.3 Å². The zero-order valence-corrected chi connectivity index (χ0v) is 10.2. The van der Waals surface area contributed by atoms with Gasteiger partial charge in [0.25, 0.3) is 9.05 Å². The predicted molar refractivity (Wildman–Crippen MR) is 57.1 cm³/mol. The van der Waals surface area contributed by atoms with Gasteiger partial charge in [0.15, 0.2) is 0 Å². The van der Waals surface area contributed by atoms with E-state index in [0.29, 0.717) is 6.07 Å². The van der Waals surface area contributed by atoms with Crippen LogP contribution in [-0.2, 0) is 21.8 Å². The largest absolute Gasteiger partial charge is 0.419 e. The van der Waals surface area contributed by atoms with Crippen LogP contribution in [-0.4, -0.2) is 8.42 Å². The number of hydrogen-bond donors (Lipinski definition) is 1. The van der Waals surface area contributed by atoms with Crippen LogP contribution in [0.3, 0.4) is 0 Å². The first-order valence-corrected chi connectivity index (χ1v) is 6.71. The van der Waals surface area contributed by atoms with Crippen molar-refractivity contribution in [2.24, 2.45) is 5.73 Å². The highest BCUT2D eigenvalue weighted by Crippen LogP contribution is 2.38. The molecule has 0 unspecified atom stereocenters. The van der Waals surface area contributed by atoms with E-state index in [1.165, 1.54) is 6.07 Å². The SMILES string of the molecule is N#Cc1c(CN)ccc(S(=O)(=O)Cl)c1C(F)(F)F. The molecule has 0 fully saturated rings. The summed E-state index contributed by atoms with van der Waals surface area (Å²) in [4.78, 5) is -1.15. The number of nitrogens with zero attached hydrogens (tertiary/aromatic N) is 1. The van der Waals surface area contributed by atoms with Crippen LogP contribution in [0.1, 0.15) is 16.7 Å². The third kappa shape index (κ3) is 2.75. The second-order valence-corrected chi connectivity index (χ2v) is 5.76. The van der Waals surface area contributed by atoms with Gasteiger partial charge >= 0.3 is 6.18 Å². The zero-order chi connectivity index (χ0) is 14.1. The van der Waals surface area contributed by atoms with E-state index in [0.717, 1.165) is 6.07 Å². The zero-order valence-electron chi connectivity index (χ0n) is 8.62. The first-order valence-electron chi connectivity index (χ1n) is 4.40. The van der Waals surface area contributed by atoms with Crippen molar-refractivity contribution in [2.75, 3.05) is 0 Å². The molecule has 0 aliphatic heterocycles. The summed E-state index contributed by atoms with van der Waals surface area (Å²) < 4.78 is 60.7. The Labute approximate surface area is 105 Å². The molecule has 4 nitrogen and oxygen atoms in total. The standard InChI is InChI=1S/C9H6ClF3N2O2S/c10-18(16,17)7-2-1-5(3-14)6(4-15)8(7)9(11,12)13/h1-2H,3,14H2. The van der Waals surface area contributed by atoms with Crippen LogP contribution in [0.2, 0.25) is 0 Å². The molecule has 0 bridgehead atoms. The lowest BCUT2D eigenvalue weighted by Crippen LogP contribution is -2.16. The molecule has 0 saturated heterocycles. The van der Waals surface area contributed by atoms with Crippen molar-refractivity contribution in [3.8, 4) is 6.07 Å². The van der Waals surface area contributed by atoms with Gasteiger partial charge in [0.05, 0.1) is 16.0 Å². The monoisotopic (exact) mass is 298 g/mol. The van der Waals surface area contributed by atoms with E-state index in [1.54, 1.807) is 0 Å². The van der Waals surface area contributed by atoms with E-state index < -0.39 is 31.2 Å². The fourth-order valence-electron chi connectivity index (χ4n) is 1.41. The van der Waals surface area contributed by atoms with Crippen molar-refractivity contribution < 1.29 is 21.6 Å². The highest BCUT2D eigenvalue weighted by molar-refractivity contribution is 8.13. The Morgan fingerprint density at radius 3 is 2.28 bits per heavy atom. The normalized spacial score (nSPS) is 12.2. The second-order valence-electron chi connectivity index (χ2n) is 3.22. The number of nitriles is 1. The van der Waals surface area contributed by atoms with Gasteiger partial charge in [-0.3, -0.25) is 0 Å². The van der Waals surface area contributed by atoms with E-state index in [4.69, 9.17) is 21.7 Å². The molecule has 0 spiro atoms. The van der Waals surface area contributed by atoms with Crippen LogP contribution in [0.15, 0.2) is 17.0 Å². The van der Waals surface area contributed by atoms with Crippen LogP contribution >= 0.6 is 10.7 Å². The fourth-order valence-corrected chi connectivity index (χ4v) is 2.49. The van der Waals surface area contributed by atoms with Gasteiger partial charge in [-0.25, -0.2) is 8.42 Å². The molecular weight excluding hydrogens is 293 g/mol. The van der Waals surface area contributed by atoms with Gasteiger partial charge in [0.2, 0.25) is 0 Å². The predicted octanol–water partition coefficient (Wildman–Crippen LogP) is 1.96. The summed E-state index contributed by atoms with van der Waals surface area (Å²) in [5.41, 5.74) is 2.69. The maximum atomic E-state index is 12.8. The summed E-state index contributed by atoms with van der Waals surface area (Å²) in [7, 11) is 0.312. The molecular formula is C9H6ClF3N2O2S. The molecule has 0 amide bonds. The highest BCUT2D eigenvalue weighted by atomic mass is 35.7. The minimum absolute atomic E-state index is 0.103. The van der Waals surface area contributed by atoms with Gasteiger partial charge in [-0.2, -0.15) is 18.4 Å². The van der Waals surface area contributed by atoms with Gasteiger partial charge in [-0.15, -0.1) is 0 Å². The minimum Gasteiger partial charge on any atom is -0.326 e. The molecule has 1 rings (SSSR count). The van der Waals surface area contributed by atoms with E-state index in [1.807, 2.05) is 0 Å². The molecule has 9 heteroatoms. The Morgan fingerprint density at radius 2 is 1.94 bits per heavy atom. The van der Waals surface area contributed by atoms with Gasteiger partial charge in [-0.05, 0) is 11.6 Å². The Balaban J connectivity index is 3.85. The molecule has 0 aliphatic rings. The van der Waals surface area contributed by atoms with Gasteiger partial charge in [-0.1, -0.05) is 6.07 Å². The average molecular weight is 299 g/mol. The lowest BCUT2D eigenvalue weighted by Gasteiger charge is -2.14. The number of alkyl halides is 3. The minimum atomic E-state index is -5.02. The molecule has 1 aromatic carbocycles. The highest BCUT2D eigenvalue weighted by Gasteiger charge is 2.40. The van der Waals surface area contributed by atoms with Crippen molar-refractivity contribution in [1.29, 1.82) is 5.26 Å². The first kappa shape index (κ1) is 14.8. The second kappa shape index (κ2) is 4.76. The molecule has 18 heavy (non-hydrogen) atoms. The van der Waals surface area contributed by atoms with Crippen molar-refractivity contribution in [3.63, 3.8) is 0 Å². The number of hydrogen-bond acceptors (Lipinski definition) is 4. The number of halogens is 4. The summed E-state index contributed by atoms with van der Waals surface area (Å²) >= 11 is 0. The molecule has 98 valence electrons.